The van der Waals surface area contributed by atoms with Crippen LogP contribution in [-0.2, 0) is 23.7 Å². The lowest BCUT2D eigenvalue weighted by molar-refractivity contribution is -0.213. The topological polar surface area (TPSA) is 94.5 Å². The van der Waals surface area contributed by atoms with Crippen molar-refractivity contribution in [2.45, 2.75) is 147 Å². The monoisotopic (exact) mass is 692 g/mol. The van der Waals surface area contributed by atoms with E-state index in [2.05, 4.69) is 25.7 Å². The van der Waals surface area contributed by atoms with Crippen molar-refractivity contribution in [3.05, 3.63) is 22.3 Å². The highest BCUT2D eigenvalue weighted by Crippen LogP contribution is 2.65. The van der Waals surface area contributed by atoms with Crippen molar-refractivity contribution in [2.75, 3.05) is 35.0 Å². The first-order valence-electron chi connectivity index (χ1n) is 19.9. The van der Waals surface area contributed by atoms with E-state index >= 15 is 0 Å². The number of ether oxygens (including phenoxy) is 4. The molecule has 8 rings (SSSR count). The first kappa shape index (κ1) is 36.8. The molecular weight excluding hydrogens is 628 g/mol. The van der Waals surface area contributed by atoms with E-state index in [0.29, 0.717) is 29.5 Å². The maximum absolute atomic E-state index is 12.4. The van der Waals surface area contributed by atoms with Gasteiger partial charge in [0.05, 0.1) is 0 Å². The third-order valence-corrected chi connectivity index (χ3v) is 16.5. The van der Waals surface area contributed by atoms with Crippen LogP contribution in [0.5, 0.6) is 0 Å². The highest BCUT2D eigenvalue weighted by molar-refractivity contribution is 5.87. The minimum Gasteiger partial charge on any atom is -0.384 e. The zero-order chi connectivity index (χ0) is 35.5. The molecule has 0 bridgehead atoms. The Labute approximate surface area is 301 Å². The molecule has 8 aliphatic rings. The maximum Gasteiger partial charge on any atom is 0.171 e. The van der Waals surface area contributed by atoms with Crippen LogP contribution in [0.15, 0.2) is 22.3 Å². The number of hydrogen-bond acceptors (Lipinski definition) is 7. The summed E-state index contributed by atoms with van der Waals surface area (Å²) in [4.78, 5) is 12.4. The smallest absolute Gasteiger partial charge is 0.171 e. The first-order valence-corrected chi connectivity index (χ1v) is 19.9. The molecule has 6 unspecified atom stereocenters. The molecule has 2 N–H and O–H groups in total. The number of rotatable bonds is 4. The number of aliphatic hydroxyl groups excluding tert-OH is 1. The molecule has 0 aromatic rings. The molecule has 4 fully saturated rings. The molecule has 8 aliphatic carbocycles. The quantitative estimate of drug-likeness (QED) is 0.177. The number of ketones is 1. The Hall–Kier alpha value is -1.53. The lowest BCUT2D eigenvalue weighted by Gasteiger charge is -2.54. The average Bonchev–Trinajstić information content (AvgIpc) is 3.61. The lowest BCUT2D eigenvalue weighted by Crippen LogP contribution is -2.51. The summed E-state index contributed by atoms with van der Waals surface area (Å²) in [7, 11) is 7.08. The zero-order valence-electron chi connectivity index (χ0n) is 31.8. The molecule has 7 heteroatoms. The van der Waals surface area contributed by atoms with Gasteiger partial charge < -0.3 is 29.2 Å². The van der Waals surface area contributed by atoms with Gasteiger partial charge in [-0.25, -0.2) is 0 Å². The summed E-state index contributed by atoms with van der Waals surface area (Å²) < 4.78 is 22.9. The third-order valence-electron chi connectivity index (χ3n) is 16.5. The zero-order valence-corrected chi connectivity index (χ0v) is 31.8. The summed E-state index contributed by atoms with van der Waals surface area (Å²) in [5.41, 5.74) is 5.48. The molecule has 0 aromatic heterocycles. The molecule has 4 saturated carbocycles. The molecule has 278 valence electrons. The minimum atomic E-state index is -0.937. The average molecular weight is 693 g/mol. The number of carbonyl (C=O) groups is 1. The fourth-order valence-corrected chi connectivity index (χ4v) is 13.4. The predicted octanol–water partition coefficient (Wildman–Crippen LogP) is 7.68. The highest BCUT2D eigenvalue weighted by Gasteiger charge is 2.62. The Balaban J connectivity index is 0.000000159. The summed E-state index contributed by atoms with van der Waals surface area (Å²) in [6.45, 7) is 4.33. The number of Topliss-reactive ketones (excluding diaryl/α,β-unsaturated/α-hetero) is 1. The molecule has 7 nitrogen and oxygen atoms in total. The van der Waals surface area contributed by atoms with Gasteiger partial charge in [-0.3, -0.25) is 4.79 Å². The molecular formula is C43H64O7. The Morgan fingerprint density at radius 2 is 1.20 bits per heavy atom. The molecule has 0 amide bonds. The molecule has 0 aromatic carbocycles. The minimum absolute atomic E-state index is 0.00326. The fourth-order valence-electron chi connectivity index (χ4n) is 13.4. The number of carbonyl (C=O) groups excluding carboxylic acids is 1. The van der Waals surface area contributed by atoms with Crippen LogP contribution in [0.1, 0.15) is 129 Å². The maximum atomic E-state index is 12.4. The van der Waals surface area contributed by atoms with Gasteiger partial charge in [-0.15, -0.1) is 0 Å². The van der Waals surface area contributed by atoms with Crippen LogP contribution < -0.4 is 0 Å². The van der Waals surface area contributed by atoms with Crippen molar-refractivity contribution in [1.82, 2.24) is 0 Å². The van der Waals surface area contributed by atoms with Gasteiger partial charge in [0.25, 0.3) is 0 Å². The van der Waals surface area contributed by atoms with E-state index < -0.39 is 17.2 Å². The van der Waals surface area contributed by atoms with Gasteiger partial charge in [0.1, 0.15) is 18.0 Å². The van der Waals surface area contributed by atoms with E-state index in [1.165, 1.54) is 25.7 Å². The van der Waals surface area contributed by atoms with Crippen LogP contribution in [0.3, 0.4) is 0 Å². The van der Waals surface area contributed by atoms with Crippen molar-refractivity contribution >= 4 is 5.78 Å². The largest absolute Gasteiger partial charge is 0.384 e. The van der Waals surface area contributed by atoms with Gasteiger partial charge in [-0.1, -0.05) is 48.0 Å². The summed E-state index contributed by atoms with van der Waals surface area (Å²) >= 11 is 0. The molecule has 0 spiro atoms. The molecule has 50 heavy (non-hydrogen) atoms. The number of hydrogen-bond donors (Lipinski definition) is 2. The van der Waals surface area contributed by atoms with Crippen LogP contribution in [0.2, 0.25) is 0 Å². The number of allylic oxidation sites excluding steroid dienone is 2. The van der Waals surface area contributed by atoms with Crippen LogP contribution in [0.25, 0.3) is 0 Å². The highest BCUT2D eigenvalue weighted by atomic mass is 16.7. The van der Waals surface area contributed by atoms with Crippen molar-refractivity contribution in [3.8, 4) is 11.8 Å². The lowest BCUT2D eigenvalue weighted by atomic mass is 9.52. The Bertz CT molecular complexity index is 1440. The van der Waals surface area contributed by atoms with Crippen LogP contribution in [-0.4, -0.2) is 68.2 Å². The SMILES string of the molecule is COC1(OC)CCC2=C(CCC3C2CC[C@@]2(C)C3CC[C@@]2(O)C#CCO)C1.COC1(OC)CCC2=C(CCC3C2CC[C@]2(C)C(=O)CCC32)C1. The van der Waals surface area contributed by atoms with E-state index in [4.69, 9.17) is 24.1 Å². The van der Waals surface area contributed by atoms with E-state index in [-0.39, 0.29) is 17.4 Å². The second-order valence-electron chi connectivity index (χ2n) is 17.8. The fraction of sp³-hybridized carbons (Fsp3) is 0.837. The third kappa shape index (κ3) is 5.73. The van der Waals surface area contributed by atoms with E-state index in [1.54, 1.807) is 50.7 Å². The van der Waals surface area contributed by atoms with Crippen LogP contribution >= 0.6 is 0 Å². The number of fused-ring (bicyclic) bond motifs is 8. The predicted molar refractivity (Wildman–Crippen MR) is 193 cm³/mol. The van der Waals surface area contributed by atoms with Crippen LogP contribution in [0.4, 0.5) is 0 Å². The van der Waals surface area contributed by atoms with Gasteiger partial charge in [-0.05, 0) is 119 Å². The van der Waals surface area contributed by atoms with Crippen molar-refractivity contribution in [2.24, 2.45) is 46.3 Å². The summed E-state index contributed by atoms with van der Waals surface area (Å²) in [5, 5.41) is 20.4. The van der Waals surface area contributed by atoms with Crippen molar-refractivity contribution in [1.29, 1.82) is 0 Å². The summed E-state index contributed by atoms with van der Waals surface area (Å²) in [6.07, 6.45) is 19.0. The second-order valence-corrected chi connectivity index (χ2v) is 17.8. The molecule has 0 saturated heterocycles. The Morgan fingerprint density at radius 1 is 0.660 bits per heavy atom. The standard InChI is InChI=1S/C23H34O4.C20H30O3/c1-21-11-7-18-17-8-13-23(26-2,27-3)15-16(17)5-6-19(18)20(21)9-12-22(21,25)10-4-14-24;1-19-10-8-15-14-9-11-20(22-2,23-3)12-13(14)4-5-16(15)17(19)6-7-18(19)21/h18-20,24-25H,5-9,11-15H2,1-3H3;15-17H,4-12H2,1-3H3/t18?,19?,20?,21-,22-;15?,16?,17?,19-/m00/s1. The van der Waals surface area contributed by atoms with Crippen molar-refractivity contribution in [3.63, 3.8) is 0 Å². The van der Waals surface area contributed by atoms with Gasteiger partial charge in [0, 0.05) is 71.4 Å². The van der Waals surface area contributed by atoms with Crippen molar-refractivity contribution < 1.29 is 34.0 Å². The van der Waals surface area contributed by atoms with Gasteiger partial charge in [0.2, 0.25) is 0 Å². The Morgan fingerprint density at radius 3 is 1.74 bits per heavy atom. The van der Waals surface area contributed by atoms with E-state index in [1.807, 2.05) is 0 Å². The second kappa shape index (κ2) is 13.7. The number of aliphatic hydroxyl groups is 2. The summed E-state index contributed by atoms with van der Waals surface area (Å²) in [5.74, 6) is 9.47. The normalized spacial score (nSPS) is 42.4. The van der Waals surface area contributed by atoms with Gasteiger partial charge in [-0.2, -0.15) is 0 Å². The molecule has 0 radical (unpaired) electrons. The van der Waals surface area contributed by atoms with Gasteiger partial charge >= 0.3 is 0 Å². The molecule has 9 atom stereocenters. The van der Waals surface area contributed by atoms with Crippen LogP contribution in [0, 0.1) is 58.2 Å². The summed E-state index contributed by atoms with van der Waals surface area (Å²) in [6, 6.07) is 0. The molecule has 0 aliphatic heterocycles. The Kier molecular flexibility index (Phi) is 10.1. The molecule has 0 heterocycles. The number of methoxy groups -OCH3 is 4. The van der Waals surface area contributed by atoms with E-state index in [9.17, 15) is 9.90 Å². The van der Waals surface area contributed by atoms with Gasteiger partial charge in [0.15, 0.2) is 11.6 Å². The van der Waals surface area contributed by atoms with E-state index in [0.717, 1.165) is 102 Å². The first-order chi connectivity index (χ1) is 23.9.